The second-order valence-electron chi connectivity index (χ2n) is 10.9. The van der Waals surface area contributed by atoms with Crippen LogP contribution in [0.5, 0.6) is 11.5 Å². The van der Waals surface area contributed by atoms with Crippen LogP contribution in [0.15, 0.2) is 48.5 Å². The molecular formula is C31H41ClN4O6. The Kier molecular flexibility index (Phi) is 12.5. The van der Waals surface area contributed by atoms with E-state index in [1.54, 1.807) is 48.5 Å². The van der Waals surface area contributed by atoms with Crippen LogP contribution in [-0.4, -0.2) is 61.5 Å². The van der Waals surface area contributed by atoms with Gasteiger partial charge in [0.2, 0.25) is 17.7 Å². The summed E-state index contributed by atoms with van der Waals surface area (Å²) in [5, 5.41) is 11.8. The molecule has 0 bridgehead atoms. The normalized spacial score (nSPS) is 20.6. The van der Waals surface area contributed by atoms with Gasteiger partial charge < -0.3 is 30.7 Å². The first-order valence-corrected chi connectivity index (χ1v) is 14.7. The van der Waals surface area contributed by atoms with Gasteiger partial charge in [0, 0.05) is 5.02 Å². The van der Waals surface area contributed by atoms with Crippen molar-refractivity contribution in [3.63, 3.8) is 0 Å². The Morgan fingerprint density at radius 2 is 1.76 bits per heavy atom. The number of nitrogens with one attached hydrogen (secondary N) is 4. The van der Waals surface area contributed by atoms with Crippen LogP contribution in [0.4, 0.5) is 0 Å². The number of fused-ring (bicyclic) bond motifs is 1. The van der Waals surface area contributed by atoms with Crippen molar-refractivity contribution >= 4 is 35.2 Å². The first-order valence-electron chi connectivity index (χ1n) is 14.4. The maximum atomic E-state index is 13.4. The fraction of sp³-hybridized carbons (Fsp3) is 0.484. The van der Waals surface area contributed by atoms with Crippen LogP contribution in [0.25, 0.3) is 0 Å². The van der Waals surface area contributed by atoms with E-state index in [0.717, 1.165) is 0 Å². The Morgan fingerprint density at radius 3 is 2.45 bits per heavy atom. The first kappa shape index (κ1) is 32.7. The Morgan fingerprint density at radius 1 is 1.05 bits per heavy atom. The van der Waals surface area contributed by atoms with Crippen LogP contribution >= 0.6 is 11.6 Å². The van der Waals surface area contributed by atoms with Gasteiger partial charge in [-0.2, -0.15) is 0 Å². The van der Waals surface area contributed by atoms with Crippen molar-refractivity contribution in [1.29, 1.82) is 0 Å². The van der Waals surface area contributed by atoms with E-state index in [9.17, 15) is 19.2 Å². The van der Waals surface area contributed by atoms with Gasteiger partial charge in [0.15, 0.2) is 0 Å². The molecule has 0 aliphatic carbocycles. The van der Waals surface area contributed by atoms with E-state index in [4.69, 9.17) is 21.1 Å². The lowest BCUT2D eigenvalue weighted by atomic mass is 9.96. The molecule has 0 unspecified atom stereocenters. The highest BCUT2D eigenvalue weighted by molar-refractivity contribution is 6.30. The molecule has 1 aliphatic heterocycles. The summed E-state index contributed by atoms with van der Waals surface area (Å²) < 4.78 is 11.7. The zero-order valence-electron chi connectivity index (χ0n) is 24.6. The molecule has 1 aliphatic rings. The van der Waals surface area contributed by atoms with Crippen LogP contribution < -0.4 is 30.7 Å². The molecule has 0 spiro atoms. The molecule has 0 saturated heterocycles. The Labute approximate surface area is 252 Å². The van der Waals surface area contributed by atoms with Gasteiger partial charge in [-0.05, 0) is 54.7 Å². The summed E-state index contributed by atoms with van der Waals surface area (Å²) in [5.74, 6) is -0.980. The summed E-state index contributed by atoms with van der Waals surface area (Å²) in [4.78, 5) is 53.2. The van der Waals surface area contributed by atoms with Crippen LogP contribution in [0.2, 0.25) is 5.02 Å². The van der Waals surface area contributed by atoms with Crippen molar-refractivity contribution in [3.8, 4) is 11.5 Å². The number of carbonyl (C=O) groups is 4. The second kappa shape index (κ2) is 16.0. The fourth-order valence-electron chi connectivity index (χ4n) is 4.56. The summed E-state index contributed by atoms with van der Waals surface area (Å²) in [5.41, 5.74) is 0.214. The monoisotopic (exact) mass is 600 g/mol. The molecule has 1 heterocycles. The van der Waals surface area contributed by atoms with Crippen LogP contribution in [-0.2, 0) is 14.4 Å². The second-order valence-corrected chi connectivity index (χ2v) is 11.3. The molecule has 2 aromatic carbocycles. The van der Waals surface area contributed by atoms with E-state index in [1.807, 2.05) is 27.7 Å². The largest absolute Gasteiger partial charge is 0.492 e. The van der Waals surface area contributed by atoms with Crippen LogP contribution in [0.1, 0.15) is 57.3 Å². The third kappa shape index (κ3) is 9.94. The lowest BCUT2D eigenvalue weighted by Crippen LogP contribution is -2.56. The van der Waals surface area contributed by atoms with Crippen molar-refractivity contribution in [1.82, 2.24) is 21.3 Å². The van der Waals surface area contributed by atoms with Gasteiger partial charge in [0.25, 0.3) is 5.91 Å². The lowest BCUT2D eigenvalue weighted by molar-refractivity contribution is -0.132. The molecule has 11 heteroatoms. The summed E-state index contributed by atoms with van der Waals surface area (Å²) in [6, 6.07) is 11.1. The highest BCUT2D eigenvalue weighted by Crippen LogP contribution is 2.20. The fourth-order valence-corrected chi connectivity index (χ4v) is 4.69. The van der Waals surface area contributed by atoms with E-state index in [0.29, 0.717) is 29.4 Å². The minimum absolute atomic E-state index is 0.129. The van der Waals surface area contributed by atoms with Gasteiger partial charge in [-0.3, -0.25) is 19.2 Å². The van der Waals surface area contributed by atoms with E-state index in [2.05, 4.69) is 21.3 Å². The van der Waals surface area contributed by atoms with Gasteiger partial charge >= 0.3 is 0 Å². The van der Waals surface area contributed by atoms with Crippen molar-refractivity contribution in [2.75, 3.05) is 19.8 Å². The third-order valence-electron chi connectivity index (χ3n) is 6.98. The van der Waals surface area contributed by atoms with Crippen molar-refractivity contribution in [2.24, 2.45) is 11.8 Å². The molecule has 228 valence electrons. The number of halogens is 1. The zero-order valence-corrected chi connectivity index (χ0v) is 25.3. The van der Waals surface area contributed by atoms with Gasteiger partial charge in [-0.1, -0.05) is 57.8 Å². The Bertz CT molecular complexity index is 1220. The quantitative estimate of drug-likeness (QED) is 0.326. The average Bonchev–Trinajstić information content (AvgIpc) is 2.96. The van der Waals surface area contributed by atoms with Gasteiger partial charge in [0.05, 0.1) is 24.6 Å². The van der Waals surface area contributed by atoms with Gasteiger partial charge in [0.1, 0.15) is 36.8 Å². The Balaban J connectivity index is 1.81. The van der Waals surface area contributed by atoms with E-state index < -0.39 is 29.8 Å². The van der Waals surface area contributed by atoms with Crippen molar-refractivity contribution in [2.45, 2.75) is 65.1 Å². The summed E-state index contributed by atoms with van der Waals surface area (Å²) >= 11 is 5.90. The molecule has 2 aromatic rings. The molecular weight excluding hydrogens is 560 g/mol. The third-order valence-corrected chi connectivity index (χ3v) is 7.23. The molecule has 0 saturated carbocycles. The number of benzene rings is 2. The molecule has 3 rings (SSSR count). The Hall–Kier alpha value is -3.79. The number of hydrogen-bond donors (Lipinski definition) is 4. The van der Waals surface area contributed by atoms with Crippen LogP contribution in [0, 0.1) is 11.8 Å². The van der Waals surface area contributed by atoms with Crippen molar-refractivity contribution < 1.29 is 28.7 Å². The first-order chi connectivity index (χ1) is 20.1. The topological polar surface area (TPSA) is 135 Å². The molecule has 4 atom stereocenters. The maximum absolute atomic E-state index is 13.4. The van der Waals surface area contributed by atoms with Gasteiger partial charge in [-0.25, -0.2) is 0 Å². The molecule has 42 heavy (non-hydrogen) atoms. The molecule has 0 fully saturated rings. The minimum atomic E-state index is -1.21. The molecule has 4 amide bonds. The predicted molar refractivity (Wildman–Crippen MR) is 161 cm³/mol. The number of rotatable bonds is 9. The van der Waals surface area contributed by atoms with Crippen molar-refractivity contribution in [3.05, 3.63) is 59.1 Å². The molecule has 4 N–H and O–H groups in total. The van der Waals surface area contributed by atoms with E-state index >= 15 is 0 Å². The lowest BCUT2D eigenvalue weighted by Gasteiger charge is -2.29. The minimum Gasteiger partial charge on any atom is -0.492 e. The average molecular weight is 601 g/mol. The number of hydrogen-bond acceptors (Lipinski definition) is 6. The van der Waals surface area contributed by atoms with Crippen LogP contribution in [0.3, 0.4) is 0 Å². The number of amides is 4. The van der Waals surface area contributed by atoms with Gasteiger partial charge in [-0.15, -0.1) is 0 Å². The number of ether oxygens (including phenoxy) is 2. The smallest absolute Gasteiger partial charge is 0.255 e. The highest BCUT2D eigenvalue weighted by Gasteiger charge is 2.32. The highest BCUT2D eigenvalue weighted by atomic mass is 35.5. The zero-order chi connectivity index (χ0) is 30.6. The predicted octanol–water partition coefficient (Wildman–Crippen LogP) is 3.48. The number of carbonyl (C=O) groups excluding carboxylic acids is 4. The molecule has 0 radical (unpaired) electrons. The molecule has 10 nitrogen and oxygen atoms in total. The number of para-hydroxylation sites is 1. The maximum Gasteiger partial charge on any atom is 0.255 e. The standard InChI is InChI=1S/C31H41ClN4O6/c1-5-20(4)28-31(40)34-22(16-19(2)3)18-42-26-9-7-6-8-24(26)29(38)35-25(17-27(37)36-28)30(39)33-14-15-41-23-12-10-21(32)11-13-23/h6-13,19-20,22,25,28H,5,14-18H2,1-4H3,(H,33,39)(H,34,40)(H,35,38)(H,36,37)/t20-,22+,25-,28-/m0/s1. The summed E-state index contributed by atoms with van der Waals surface area (Å²) in [7, 11) is 0. The van der Waals surface area contributed by atoms with E-state index in [1.165, 1.54) is 0 Å². The molecule has 0 aromatic heterocycles. The summed E-state index contributed by atoms with van der Waals surface area (Å²) in [6.07, 6.45) is 0.922. The SMILES string of the molecule is CC[C@H](C)[C@@H]1NC(=O)C[C@@H](C(=O)NCCOc2ccc(Cl)cc2)NC(=O)c2ccccc2OC[C@@H](CC(C)C)NC1=O. The van der Waals surface area contributed by atoms with E-state index in [-0.39, 0.29) is 55.5 Å². The summed E-state index contributed by atoms with van der Waals surface area (Å²) in [6.45, 7) is 8.32.